The normalized spacial score (nSPS) is 14.3. The highest BCUT2D eigenvalue weighted by Crippen LogP contribution is 2.50. The second-order valence-electron chi connectivity index (χ2n) is 11.6. The van der Waals surface area contributed by atoms with Gasteiger partial charge >= 0.3 is 0 Å². The Kier molecular flexibility index (Phi) is 8.79. The van der Waals surface area contributed by atoms with Gasteiger partial charge in [-0.15, -0.1) is 0 Å². The third-order valence-electron chi connectivity index (χ3n) is 8.58. The summed E-state index contributed by atoms with van der Waals surface area (Å²) in [6, 6.07) is 17.3. The number of hydrogen-bond donors (Lipinski definition) is 1. The van der Waals surface area contributed by atoms with Crippen molar-refractivity contribution in [2.75, 3.05) is 5.32 Å². The first-order valence-corrected chi connectivity index (χ1v) is 15.6. The zero-order valence-corrected chi connectivity index (χ0v) is 26.6. The number of fused-ring (bicyclic) bond motifs is 3. The number of rotatable bonds is 8. The van der Waals surface area contributed by atoms with Gasteiger partial charge in [0, 0.05) is 5.69 Å². The van der Waals surface area contributed by atoms with Gasteiger partial charge in [0.2, 0.25) is 34.8 Å². The Morgan fingerprint density at radius 3 is 1.44 bits per heavy atom. The van der Waals surface area contributed by atoms with Crippen molar-refractivity contribution in [2.24, 2.45) is 0 Å². The van der Waals surface area contributed by atoms with E-state index in [4.69, 9.17) is 9.47 Å². The average Bonchev–Trinajstić information content (AvgIpc) is 3.47. The molecule has 1 unspecified atom stereocenters. The Balaban J connectivity index is 1.38. The van der Waals surface area contributed by atoms with Gasteiger partial charge in [0.1, 0.15) is 11.5 Å². The van der Waals surface area contributed by atoms with E-state index in [9.17, 15) is 35.1 Å². The molecule has 0 amide bonds. The van der Waals surface area contributed by atoms with E-state index in [-0.39, 0.29) is 11.5 Å². The SMILES string of the molecule is C=Cc1c(F)c(F)c(Oc2ccc3c(c2)C(=C2C=CC=CC2Nc2ccccc2)c2cc(Oc4c(F)c(F)c(C=C)c(F)c4F)ccc2-3)c(F)c1F. The van der Waals surface area contributed by atoms with Crippen LogP contribution in [-0.2, 0) is 0 Å². The van der Waals surface area contributed by atoms with Crippen molar-refractivity contribution >= 4 is 23.4 Å². The van der Waals surface area contributed by atoms with E-state index in [1.54, 1.807) is 24.3 Å². The fraction of sp³-hybridized carbons (Fsp3) is 0.0244. The van der Waals surface area contributed by atoms with Crippen LogP contribution in [0.15, 0.2) is 110 Å². The minimum absolute atomic E-state index is 0.190. The molecule has 5 aromatic rings. The summed E-state index contributed by atoms with van der Waals surface area (Å²) in [5, 5.41) is 3.42. The van der Waals surface area contributed by atoms with Crippen molar-refractivity contribution in [3.05, 3.63) is 179 Å². The lowest BCUT2D eigenvalue weighted by atomic mass is 9.90. The van der Waals surface area contributed by atoms with Gasteiger partial charge in [-0.2, -0.15) is 17.6 Å². The fourth-order valence-corrected chi connectivity index (χ4v) is 6.16. The Labute approximate surface area is 291 Å². The molecule has 2 aliphatic rings. The summed E-state index contributed by atoms with van der Waals surface area (Å²) in [7, 11) is 0. The molecule has 0 saturated heterocycles. The first-order valence-electron chi connectivity index (χ1n) is 15.6. The number of benzene rings is 5. The zero-order valence-electron chi connectivity index (χ0n) is 26.6. The first kappa shape index (κ1) is 34.1. The predicted molar refractivity (Wildman–Crippen MR) is 183 cm³/mol. The van der Waals surface area contributed by atoms with Gasteiger partial charge in [-0.05, 0) is 69.8 Å². The quantitative estimate of drug-likeness (QED) is 0.126. The molecule has 0 bridgehead atoms. The van der Waals surface area contributed by atoms with Crippen molar-refractivity contribution in [3.63, 3.8) is 0 Å². The van der Waals surface area contributed by atoms with Gasteiger partial charge in [-0.25, -0.2) is 17.6 Å². The van der Waals surface area contributed by atoms with Gasteiger partial charge in [0.05, 0.1) is 17.2 Å². The summed E-state index contributed by atoms with van der Waals surface area (Å²) in [6.07, 6.45) is 8.51. The molecule has 7 rings (SSSR count). The molecule has 11 heteroatoms. The number of nitrogens with one attached hydrogen (secondary N) is 1. The molecule has 1 atom stereocenters. The summed E-state index contributed by atoms with van der Waals surface area (Å²) in [6.45, 7) is 6.38. The summed E-state index contributed by atoms with van der Waals surface area (Å²) in [4.78, 5) is 0. The largest absolute Gasteiger partial charge is 0.451 e. The van der Waals surface area contributed by atoms with Crippen LogP contribution in [0.25, 0.3) is 28.9 Å². The zero-order chi connectivity index (χ0) is 36.8. The molecular formula is C41H23F8NO2. The molecule has 52 heavy (non-hydrogen) atoms. The van der Waals surface area contributed by atoms with E-state index in [1.807, 2.05) is 42.5 Å². The maximum absolute atomic E-state index is 15.0. The number of allylic oxidation sites excluding steroid dienone is 2. The highest BCUT2D eigenvalue weighted by molar-refractivity contribution is 6.04. The van der Waals surface area contributed by atoms with Crippen molar-refractivity contribution < 1.29 is 44.6 Å². The highest BCUT2D eigenvalue weighted by atomic mass is 19.2. The van der Waals surface area contributed by atoms with Gasteiger partial charge in [-0.1, -0.05) is 79.9 Å². The van der Waals surface area contributed by atoms with Crippen LogP contribution >= 0.6 is 0 Å². The Bertz CT molecular complexity index is 2230. The van der Waals surface area contributed by atoms with Gasteiger partial charge in [0.15, 0.2) is 23.3 Å². The summed E-state index contributed by atoms with van der Waals surface area (Å²) < 4.78 is 129. The molecule has 0 radical (unpaired) electrons. The summed E-state index contributed by atoms with van der Waals surface area (Å²) in [5.41, 5.74) is 1.94. The average molecular weight is 714 g/mol. The van der Waals surface area contributed by atoms with Crippen molar-refractivity contribution in [1.29, 1.82) is 0 Å². The molecular weight excluding hydrogens is 690 g/mol. The van der Waals surface area contributed by atoms with E-state index in [0.29, 0.717) is 45.6 Å². The second-order valence-corrected chi connectivity index (χ2v) is 11.6. The predicted octanol–water partition coefficient (Wildman–Crippen LogP) is 12.1. The molecule has 0 spiro atoms. The molecule has 260 valence electrons. The van der Waals surface area contributed by atoms with Crippen LogP contribution in [0.4, 0.5) is 40.8 Å². The smallest absolute Gasteiger partial charge is 0.205 e. The third-order valence-corrected chi connectivity index (χ3v) is 8.58. The van der Waals surface area contributed by atoms with Crippen LogP contribution in [0.3, 0.4) is 0 Å². The minimum Gasteiger partial charge on any atom is -0.451 e. The molecule has 0 heterocycles. The molecule has 1 N–H and O–H groups in total. The monoisotopic (exact) mass is 713 g/mol. The Morgan fingerprint density at radius 2 is 1.00 bits per heavy atom. The van der Waals surface area contributed by atoms with Crippen molar-refractivity contribution in [3.8, 4) is 34.1 Å². The molecule has 0 fully saturated rings. The molecule has 3 nitrogen and oxygen atoms in total. The summed E-state index contributed by atoms with van der Waals surface area (Å²) in [5.74, 6) is -16.8. The minimum atomic E-state index is -1.76. The van der Waals surface area contributed by atoms with Crippen LogP contribution in [-0.4, -0.2) is 6.04 Å². The molecule has 0 saturated carbocycles. The highest BCUT2D eigenvalue weighted by Gasteiger charge is 2.32. The topological polar surface area (TPSA) is 30.5 Å². The lowest BCUT2D eigenvalue weighted by Crippen LogP contribution is -2.21. The van der Waals surface area contributed by atoms with E-state index in [1.165, 1.54) is 24.3 Å². The van der Waals surface area contributed by atoms with Crippen molar-refractivity contribution in [2.45, 2.75) is 6.04 Å². The summed E-state index contributed by atoms with van der Waals surface area (Å²) >= 11 is 0. The number of para-hydroxylation sites is 1. The fourth-order valence-electron chi connectivity index (χ4n) is 6.16. The molecule has 0 aromatic heterocycles. The maximum atomic E-state index is 15.0. The molecule has 0 aliphatic heterocycles. The number of halogens is 8. The van der Waals surface area contributed by atoms with Crippen LogP contribution < -0.4 is 14.8 Å². The third kappa shape index (κ3) is 5.64. The lowest BCUT2D eigenvalue weighted by molar-refractivity contribution is 0.365. The molecule has 2 aliphatic carbocycles. The lowest BCUT2D eigenvalue weighted by Gasteiger charge is -2.23. The van der Waals surface area contributed by atoms with Crippen LogP contribution in [0.2, 0.25) is 0 Å². The van der Waals surface area contributed by atoms with E-state index in [2.05, 4.69) is 18.5 Å². The number of anilines is 1. The van der Waals surface area contributed by atoms with Crippen LogP contribution in [0.5, 0.6) is 23.0 Å². The van der Waals surface area contributed by atoms with Gasteiger partial charge < -0.3 is 14.8 Å². The standard InChI is InChI=1S/C41H23F8NO2/c1-3-23-32(42)36(46)40(37(47)33(23)43)51-21-14-16-25-26-17-15-22(52-41-38(48)34(44)24(4-2)35(45)39(41)49)19-29(26)31(28(25)18-21)27-12-8-9-13-30(27)50-20-10-6-5-7-11-20/h3-19,30,50H,1-2H2. The van der Waals surface area contributed by atoms with Gasteiger partial charge in [0.25, 0.3) is 0 Å². The van der Waals surface area contributed by atoms with Crippen LogP contribution in [0, 0.1) is 46.5 Å². The number of hydrogen-bond acceptors (Lipinski definition) is 3. The number of ether oxygens (including phenoxy) is 2. The second kappa shape index (κ2) is 13.4. The Hall–Kier alpha value is -6.36. The van der Waals surface area contributed by atoms with E-state index < -0.39 is 75.2 Å². The van der Waals surface area contributed by atoms with Crippen molar-refractivity contribution in [1.82, 2.24) is 0 Å². The van der Waals surface area contributed by atoms with Crippen LogP contribution in [0.1, 0.15) is 22.3 Å². The van der Waals surface area contributed by atoms with Gasteiger partial charge in [-0.3, -0.25) is 0 Å². The first-order chi connectivity index (χ1) is 25.0. The molecule has 5 aromatic carbocycles. The van der Waals surface area contributed by atoms with E-state index >= 15 is 0 Å². The Morgan fingerprint density at radius 1 is 0.538 bits per heavy atom. The van der Waals surface area contributed by atoms with E-state index in [0.717, 1.165) is 5.69 Å². The maximum Gasteiger partial charge on any atom is 0.205 e.